The van der Waals surface area contributed by atoms with E-state index in [0.717, 1.165) is 15.6 Å². The lowest BCUT2D eigenvalue weighted by molar-refractivity contribution is 0.601. The van der Waals surface area contributed by atoms with E-state index >= 15 is 0 Å². The quantitative estimate of drug-likeness (QED) is 0.900. The van der Waals surface area contributed by atoms with Crippen molar-refractivity contribution < 1.29 is 8.42 Å². The number of nitrogens with zero attached hydrogens (tertiary/aromatic N) is 1. The zero-order valence-corrected chi connectivity index (χ0v) is 13.7. The van der Waals surface area contributed by atoms with Gasteiger partial charge >= 0.3 is 0 Å². The fourth-order valence-electron chi connectivity index (χ4n) is 1.81. The summed E-state index contributed by atoms with van der Waals surface area (Å²) in [7, 11) is -3.65. The van der Waals surface area contributed by atoms with Crippen molar-refractivity contribution in [3.8, 4) is 6.07 Å². The molecule has 0 saturated heterocycles. The van der Waals surface area contributed by atoms with Gasteiger partial charge in [0.15, 0.2) is 0 Å². The van der Waals surface area contributed by atoms with Crippen molar-refractivity contribution >= 4 is 31.6 Å². The molecule has 0 amide bonds. The normalized spacial score (nSPS) is 10.9. The van der Waals surface area contributed by atoms with Crippen LogP contribution in [-0.2, 0) is 16.4 Å². The molecular formula is C15H13BrN2O2S. The van der Waals surface area contributed by atoms with Crippen LogP contribution in [0.1, 0.15) is 11.1 Å². The molecule has 1 N–H and O–H groups in total. The summed E-state index contributed by atoms with van der Waals surface area (Å²) < 4.78 is 27.9. The molecular weight excluding hydrogens is 352 g/mol. The standard InChI is InChI=1S/C15H13BrN2O2S/c1-11-3-2-4-14(15(11)16)18-21(19,20)13-7-5-12(6-8-13)9-10-17/h2-8,18H,9H2,1H3. The molecule has 0 bridgehead atoms. The van der Waals surface area contributed by atoms with Crippen LogP contribution < -0.4 is 4.72 Å². The molecule has 0 spiro atoms. The minimum atomic E-state index is -3.65. The molecule has 2 aromatic carbocycles. The Bertz CT molecular complexity index is 793. The molecule has 0 atom stereocenters. The highest BCUT2D eigenvalue weighted by Gasteiger charge is 2.15. The number of halogens is 1. The fourth-order valence-corrected chi connectivity index (χ4v) is 3.37. The number of hydrogen-bond acceptors (Lipinski definition) is 3. The predicted molar refractivity (Wildman–Crippen MR) is 85.4 cm³/mol. The van der Waals surface area contributed by atoms with Crippen LogP contribution >= 0.6 is 15.9 Å². The van der Waals surface area contributed by atoms with Gasteiger partial charge < -0.3 is 0 Å². The summed E-state index contributed by atoms with van der Waals surface area (Å²) in [6.07, 6.45) is 0.261. The van der Waals surface area contributed by atoms with E-state index in [0.29, 0.717) is 5.69 Å². The van der Waals surface area contributed by atoms with E-state index in [-0.39, 0.29) is 11.3 Å². The number of nitrogens with one attached hydrogen (secondary N) is 1. The van der Waals surface area contributed by atoms with Gasteiger partial charge in [-0.2, -0.15) is 5.26 Å². The summed E-state index contributed by atoms with van der Waals surface area (Å²) in [5, 5.41) is 8.61. The van der Waals surface area contributed by atoms with E-state index in [1.165, 1.54) is 12.1 Å². The second-order valence-corrected chi connectivity index (χ2v) is 7.00. The van der Waals surface area contributed by atoms with Gasteiger partial charge in [-0.05, 0) is 52.2 Å². The van der Waals surface area contributed by atoms with Gasteiger partial charge in [-0.1, -0.05) is 24.3 Å². The van der Waals surface area contributed by atoms with Crippen molar-refractivity contribution in [3.05, 3.63) is 58.1 Å². The van der Waals surface area contributed by atoms with Crippen molar-refractivity contribution in [2.45, 2.75) is 18.2 Å². The molecule has 0 unspecified atom stereocenters. The minimum absolute atomic E-state index is 0.164. The van der Waals surface area contributed by atoms with Crippen LogP contribution in [0.5, 0.6) is 0 Å². The Morgan fingerprint density at radius 1 is 1.19 bits per heavy atom. The summed E-state index contributed by atoms with van der Waals surface area (Å²) >= 11 is 3.37. The number of anilines is 1. The summed E-state index contributed by atoms with van der Waals surface area (Å²) in [5.74, 6) is 0. The Morgan fingerprint density at radius 2 is 1.86 bits per heavy atom. The van der Waals surface area contributed by atoms with Gasteiger partial charge in [0.1, 0.15) is 0 Å². The molecule has 0 aliphatic rings. The lowest BCUT2D eigenvalue weighted by atomic mass is 10.2. The number of rotatable bonds is 4. The molecule has 2 rings (SSSR count). The molecule has 0 heterocycles. The zero-order valence-electron chi connectivity index (χ0n) is 11.3. The molecule has 108 valence electrons. The van der Waals surface area contributed by atoms with Crippen molar-refractivity contribution in [1.29, 1.82) is 5.26 Å². The summed E-state index contributed by atoms with van der Waals surface area (Å²) in [5.41, 5.74) is 2.23. The van der Waals surface area contributed by atoms with Crippen molar-refractivity contribution in [2.75, 3.05) is 4.72 Å². The van der Waals surface area contributed by atoms with Crippen LogP contribution in [0.3, 0.4) is 0 Å². The third-order valence-electron chi connectivity index (χ3n) is 2.95. The van der Waals surface area contributed by atoms with Crippen molar-refractivity contribution in [2.24, 2.45) is 0 Å². The first-order valence-electron chi connectivity index (χ1n) is 6.18. The first-order valence-corrected chi connectivity index (χ1v) is 8.45. The van der Waals surface area contributed by atoms with Crippen LogP contribution in [0.25, 0.3) is 0 Å². The van der Waals surface area contributed by atoms with E-state index in [1.54, 1.807) is 24.3 Å². The SMILES string of the molecule is Cc1cccc(NS(=O)(=O)c2ccc(CC#N)cc2)c1Br. The van der Waals surface area contributed by atoms with Crippen LogP contribution in [-0.4, -0.2) is 8.42 Å². The van der Waals surface area contributed by atoms with Crippen LogP contribution in [0.2, 0.25) is 0 Å². The number of sulfonamides is 1. The Hall–Kier alpha value is -1.84. The highest BCUT2D eigenvalue weighted by Crippen LogP contribution is 2.28. The average molecular weight is 365 g/mol. The maximum atomic E-state index is 12.3. The molecule has 0 aliphatic heterocycles. The van der Waals surface area contributed by atoms with Gasteiger partial charge in [0.2, 0.25) is 0 Å². The van der Waals surface area contributed by atoms with E-state index in [9.17, 15) is 8.42 Å². The molecule has 0 fully saturated rings. The first kappa shape index (κ1) is 15.5. The zero-order chi connectivity index (χ0) is 15.5. The summed E-state index contributed by atoms with van der Waals surface area (Å²) in [6.45, 7) is 1.89. The van der Waals surface area contributed by atoms with Gasteiger partial charge in [-0.3, -0.25) is 4.72 Å². The van der Waals surface area contributed by atoms with Gasteiger partial charge in [0.25, 0.3) is 10.0 Å². The second kappa shape index (κ2) is 6.29. The maximum Gasteiger partial charge on any atom is 0.261 e. The molecule has 0 radical (unpaired) electrons. The smallest absolute Gasteiger partial charge is 0.261 e. The monoisotopic (exact) mass is 364 g/mol. The Balaban J connectivity index is 2.30. The minimum Gasteiger partial charge on any atom is -0.278 e. The number of nitriles is 1. The molecule has 4 nitrogen and oxygen atoms in total. The lowest BCUT2D eigenvalue weighted by Crippen LogP contribution is -2.13. The number of hydrogen-bond donors (Lipinski definition) is 1. The van der Waals surface area contributed by atoms with Gasteiger partial charge in [0, 0.05) is 4.47 Å². The summed E-state index contributed by atoms with van der Waals surface area (Å²) in [4.78, 5) is 0.164. The van der Waals surface area contributed by atoms with E-state index in [4.69, 9.17) is 5.26 Å². The fraction of sp³-hybridized carbons (Fsp3) is 0.133. The van der Waals surface area contributed by atoms with Crippen LogP contribution in [0, 0.1) is 18.3 Å². The topological polar surface area (TPSA) is 70.0 Å². The van der Waals surface area contributed by atoms with E-state index in [1.807, 2.05) is 19.1 Å². The van der Waals surface area contributed by atoms with Crippen molar-refractivity contribution in [3.63, 3.8) is 0 Å². The first-order chi connectivity index (χ1) is 9.94. The largest absolute Gasteiger partial charge is 0.278 e. The second-order valence-electron chi connectivity index (χ2n) is 4.52. The highest BCUT2D eigenvalue weighted by atomic mass is 79.9. The lowest BCUT2D eigenvalue weighted by Gasteiger charge is -2.11. The third-order valence-corrected chi connectivity index (χ3v) is 5.39. The predicted octanol–water partition coefficient (Wildman–Crippen LogP) is 3.62. The molecule has 0 saturated carbocycles. The van der Waals surface area contributed by atoms with Crippen LogP contribution in [0.4, 0.5) is 5.69 Å². The van der Waals surface area contributed by atoms with Crippen LogP contribution in [0.15, 0.2) is 51.8 Å². The highest BCUT2D eigenvalue weighted by molar-refractivity contribution is 9.10. The Labute approximate surface area is 132 Å². The molecule has 6 heteroatoms. The van der Waals surface area contributed by atoms with E-state index < -0.39 is 10.0 Å². The van der Waals surface area contributed by atoms with Gasteiger partial charge in [0.05, 0.1) is 23.1 Å². The van der Waals surface area contributed by atoms with Gasteiger partial charge in [-0.25, -0.2) is 8.42 Å². The summed E-state index contributed by atoms with van der Waals surface area (Å²) in [6, 6.07) is 13.7. The van der Waals surface area contributed by atoms with Crippen molar-refractivity contribution in [1.82, 2.24) is 0 Å². The third kappa shape index (κ3) is 3.63. The molecule has 2 aromatic rings. The Kier molecular flexibility index (Phi) is 4.66. The maximum absolute atomic E-state index is 12.3. The number of benzene rings is 2. The Morgan fingerprint density at radius 3 is 2.48 bits per heavy atom. The van der Waals surface area contributed by atoms with Gasteiger partial charge in [-0.15, -0.1) is 0 Å². The number of aryl methyl sites for hydroxylation is 1. The molecule has 21 heavy (non-hydrogen) atoms. The average Bonchev–Trinajstić information content (AvgIpc) is 2.45. The molecule has 0 aromatic heterocycles. The molecule has 0 aliphatic carbocycles. The van der Waals surface area contributed by atoms with E-state index in [2.05, 4.69) is 20.7 Å².